The van der Waals surface area contributed by atoms with E-state index in [4.69, 9.17) is 4.74 Å². The van der Waals surface area contributed by atoms with Gasteiger partial charge in [0.25, 0.3) is 0 Å². The van der Waals surface area contributed by atoms with Gasteiger partial charge in [-0.3, -0.25) is 0 Å². The first-order valence-corrected chi connectivity index (χ1v) is 8.45. The molecule has 132 valence electrons. The van der Waals surface area contributed by atoms with E-state index in [0.717, 1.165) is 31.5 Å². The van der Waals surface area contributed by atoms with E-state index in [1.165, 1.54) is 7.11 Å². The Labute approximate surface area is 148 Å². The Hall–Kier alpha value is -2.60. The van der Waals surface area contributed by atoms with Crippen molar-refractivity contribution in [3.05, 3.63) is 54.2 Å². The highest BCUT2D eigenvalue weighted by Gasteiger charge is 2.36. The second kappa shape index (κ2) is 7.53. The summed E-state index contributed by atoms with van der Waals surface area (Å²) in [5.74, 6) is 0.398. The Morgan fingerprint density at radius 3 is 2.56 bits per heavy atom. The molecule has 1 aromatic heterocycles. The van der Waals surface area contributed by atoms with Crippen LogP contribution < -0.4 is 15.4 Å². The zero-order valence-corrected chi connectivity index (χ0v) is 14.7. The monoisotopic (exact) mass is 340 g/mol. The van der Waals surface area contributed by atoms with E-state index in [9.17, 15) is 4.79 Å². The predicted molar refractivity (Wildman–Crippen MR) is 97.8 cm³/mol. The van der Waals surface area contributed by atoms with Gasteiger partial charge >= 0.3 is 6.03 Å². The van der Waals surface area contributed by atoms with E-state index in [0.29, 0.717) is 11.6 Å². The Morgan fingerprint density at radius 1 is 1.16 bits per heavy atom. The molecule has 6 nitrogen and oxygen atoms in total. The molecule has 1 fully saturated rings. The summed E-state index contributed by atoms with van der Waals surface area (Å²) >= 11 is 0. The molecule has 0 spiro atoms. The third-order valence-corrected chi connectivity index (χ3v) is 4.73. The first-order valence-electron chi connectivity index (χ1n) is 8.45. The molecule has 6 heteroatoms. The highest BCUT2D eigenvalue weighted by molar-refractivity contribution is 5.91. The Morgan fingerprint density at radius 2 is 1.88 bits per heavy atom. The summed E-state index contributed by atoms with van der Waals surface area (Å²) in [7, 11) is 3.64. The number of rotatable bonds is 4. The number of amides is 2. The number of likely N-dealkylation sites (tertiary alicyclic amines) is 1. The van der Waals surface area contributed by atoms with Crippen molar-refractivity contribution >= 4 is 11.7 Å². The summed E-state index contributed by atoms with van der Waals surface area (Å²) in [6, 6.07) is 13.5. The van der Waals surface area contributed by atoms with Gasteiger partial charge in [-0.2, -0.15) is 0 Å². The van der Waals surface area contributed by atoms with E-state index in [-0.39, 0.29) is 11.6 Å². The van der Waals surface area contributed by atoms with Crippen molar-refractivity contribution in [2.75, 3.05) is 32.6 Å². The van der Waals surface area contributed by atoms with Crippen LogP contribution in [0.4, 0.5) is 10.5 Å². The van der Waals surface area contributed by atoms with Crippen LogP contribution in [0.1, 0.15) is 18.4 Å². The molecule has 25 heavy (non-hydrogen) atoms. The van der Waals surface area contributed by atoms with Crippen LogP contribution in [0.25, 0.3) is 0 Å². The van der Waals surface area contributed by atoms with Crippen LogP contribution in [0, 0.1) is 0 Å². The van der Waals surface area contributed by atoms with E-state index < -0.39 is 0 Å². The van der Waals surface area contributed by atoms with Gasteiger partial charge in [0.1, 0.15) is 5.69 Å². The predicted octanol–water partition coefficient (Wildman–Crippen LogP) is 2.83. The largest absolute Gasteiger partial charge is 0.480 e. The summed E-state index contributed by atoms with van der Waals surface area (Å²) in [6.45, 7) is 1.87. The zero-order valence-electron chi connectivity index (χ0n) is 14.7. The Balaban J connectivity index is 1.80. The van der Waals surface area contributed by atoms with Gasteiger partial charge in [0.05, 0.1) is 12.6 Å². The van der Waals surface area contributed by atoms with Crippen LogP contribution in [0.3, 0.4) is 0 Å². The fraction of sp³-hybridized carbons (Fsp3) is 0.368. The van der Waals surface area contributed by atoms with Crippen molar-refractivity contribution in [3.63, 3.8) is 0 Å². The molecule has 2 heterocycles. The molecule has 0 aliphatic carbocycles. The van der Waals surface area contributed by atoms with Gasteiger partial charge in [0.15, 0.2) is 0 Å². The number of pyridine rings is 1. The number of urea groups is 1. The van der Waals surface area contributed by atoms with Crippen molar-refractivity contribution in [1.29, 1.82) is 0 Å². The molecular formula is C19H24N4O2. The minimum atomic E-state index is -0.368. The summed E-state index contributed by atoms with van der Waals surface area (Å²) in [6.07, 6.45) is 3.36. The molecule has 3 rings (SSSR count). The van der Waals surface area contributed by atoms with E-state index in [1.807, 2.05) is 18.2 Å². The molecule has 0 saturated carbocycles. The lowest BCUT2D eigenvalue weighted by atomic mass is 9.81. The normalized spacial score (nSPS) is 16.9. The molecule has 1 saturated heterocycles. The number of benzene rings is 1. The van der Waals surface area contributed by atoms with Crippen LogP contribution in [0.2, 0.25) is 0 Å². The number of hydrogen-bond donors (Lipinski definition) is 2. The molecule has 0 radical (unpaired) electrons. The fourth-order valence-corrected chi connectivity index (χ4v) is 3.26. The number of nitrogens with zero attached hydrogens (tertiary/aromatic N) is 2. The topological polar surface area (TPSA) is 66.5 Å². The second-order valence-electron chi connectivity index (χ2n) is 6.39. The number of aromatic nitrogens is 1. The molecule has 1 aliphatic heterocycles. The standard InChI is InChI=1S/C19H24N4O2/c1-23-13-10-19(11-14-23,15-7-4-3-5-8-15)22-18(24)21-16-9-6-12-20-17(16)25-2/h3-9,12H,10-11,13-14H2,1-2H3,(H2,21,22,24). The smallest absolute Gasteiger partial charge is 0.320 e. The van der Waals surface area contributed by atoms with Gasteiger partial charge in [-0.15, -0.1) is 0 Å². The zero-order chi connectivity index (χ0) is 17.7. The third kappa shape index (κ3) is 3.91. The van der Waals surface area contributed by atoms with Crippen molar-refractivity contribution in [3.8, 4) is 5.88 Å². The van der Waals surface area contributed by atoms with Crippen molar-refractivity contribution < 1.29 is 9.53 Å². The number of piperidine rings is 1. The van der Waals surface area contributed by atoms with E-state index >= 15 is 0 Å². The number of carbonyl (C=O) groups is 1. The lowest BCUT2D eigenvalue weighted by Crippen LogP contribution is -2.53. The van der Waals surface area contributed by atoms with E-state index in [2.05, 4.69) is 39.7 Å². The van der Waals surface area contributed by atoms with E-state index in [1.54, 1.807) is 18.3 Å². The molecule has 1 aliphatic rings. The van der Waals surface area contributed by atoms with Gasteiger partial charge in [-0.1, -0.05) is 30.3 Å². The average molecular weight is 340 g/mol. The molecule has 2 aromatic rings. The van der Waals surface area contributed by atoms with Crippen molar-refractivity contribution in [2.45, 2.75) is 18.4 Å². The lowest BCUT2D eigenvalue weighted by molar-refractivity contribution is 0.160. The van der Waals surface area contributed by atoms with Crippen LogP contribution in [-0.2, 0) is 5.54 Å². The van der Waals surface area contributed by atoms with Gasteiger partial charge in [0.2, 0.25) is 5.88 Å². The second-order valence-corrected chi connectivity index (χ2v) is 6.39. The van der Waals surface area contributed by atoms with Crippen LogP contribution in [0.15, 0.2) is 48.7 Å². The minimum absolute atomic E-state index is 0.250. The molecule has 0 atom stereocenters. The highest BCUT2D eigenvalue weighted by atomic mass is 16.5. The third-order valence-electron chi connectivity index (χ3n) is 4.73. The first-order chi connectivity index (χ1) is 12.1. The van der Waals surface area contributed by atoms with Gasteiger partial charge in [0, 0.05) is 19.3 Å². The summed E-state index contributed by atoms with van der Waals surface area (Å²) in [5, 5.41) is 6.07. The molecular weight excluding hydrogens is 316 g/mol. The molecule has 1 aromatic carbocycles. The van der Waals surface area contributed by atoms with Gasteiger partial charge in [-0.05, 0) is 37.6 Å². The maximum absolute atomic E-state index is 12.7. The number of ether oxygens (including phenoxy) is 1. The molecule has 2 amide bonds. The number of carbonyl (C=O) groups excluding carboxylic acids is 1. The van der Waals surface area contributed by atoms with Crippen LogP contribution >= 0.6 is 0 Å². The van der Waals surface area contributed by atoms with Crippen molar-refractivity contribution in [1.82, 2.24) is 15.2 Å². The fourth-order valence-electron chi connectivity index (χ4n) is 3.26. The Bertz CT molecular complexity index is 712. The maximum Gasteiger partial charge on any atom is 0.320 e. The molecule has 0 bridgehead atoms. The summed E-state index contributed by atoms with van der Waals surface area (Å²) in [4.78, 5) is 19.1. The van der Waals surface area contributed by atoms with Crippen molar-refractivity contribution in [2.24, 2.45) is 0 Å². The summed E-state index contributed by atoms with van der Waals surface area (Å²) in [5.41, 5.74) is 1.32. The number of hydrogen-bond acceptors (Lipinski definition) is 4. The van der Waals surface area contributed by atoms with Gasteiger partial charge in [-0.25, -0.2) is 9.78 Å². The average Bonchev–Trinajstić information content (AvgIpc) is 2.65. The number of nitrogens with one attached hydrogen (secondary N) is 2. The molecule has 2 N–H and O–H groups in total. The van der Waals surface area contributed by atoms with Crippen LogP contribution in [0.5, 0.6) is 5.88 Å². The highest BCUT2D eigenvalue weighted by Crippen LogP contribution is 2.33. The maximum atomic E-state index is 12.7. The number of anilines is 1. The SMILES string of the molecule is COc1ncccc1NC(=O)NC1(c2ccccc2)CCN(C)CC1. The lowest BCUT2D eigenvalue weighted by Gasteiger charge is -2.41. The summed E-state index contributed by atoms with van der Waals surface area (Å²) < 4.78 is 5.20. The number of methoxy groups -OCH3 is 1. The van der Waals surface area contributed by atoms with Crippen LogP contribution in [-0.4, -0.2) is 43.2 Å². The molecule has 0 unspecified atom stereocenters. The first kappa shape index (κ1) is 17.2. The van der Waals surface area contributed by atoms with Gasteiger partial charge < -0.3 is 20.3 Å². The Kier molecular flexibility index (Phi) is 5.19. The quantitative estimate of drug-likeness (QED) is 0.898. The minimum Gasteiger partial charge on any atom is -0.480 e.